The van der Waals surface area contributed by atoms with Crippen molar-refractivity contribution in [3.05, 3.63) is 35.4 Å². The number of nitriles is 1. The van der Waals surface area contributed by atoms with Gasteiger partial charge in [-0.2, -0.15) is 20.2 Å². The second kappa shape index (κ2) is 9.82. The van der Waals surface area contributed by atoms with Gasteiger partial charge in [0.2, 0.25) is 11.8 Å². The summed E-state index contributed by atoms with van der Waals surface area (Å²) in [7, 11) is 0. The maximum Gasteiger partial charge on any atom is 0.321 e. The Morgan fingerprint density at radius 3 is 2.60 bits per heavy atom. The molecule has 5 rings (SSSR count). The van der Waals surface area contributed by atoms with Crippen molar-refractivity contribution in [1.82, 2.24) is 25.3 Å². The minimum atomic E-state index is -0.540. The number of hydrogen-bond donors (Lipinski definition) is 2. The molecule has 1 saturated heterocycles. The summed E-state index contributed by atoms with van der Waals surface area (Å²) in [6.07, 6.45) is 5.40. The number of nitrogens with zero attached hydrogens (tertiary/aromatic N) is 6. The van der Waals surface area contributed by atoms with Gasteiger partial charge in [-0.15, -0.1) is 0 Å². The van der Waals surface area contributed by atoms with Crippen LogP contribution in [0.25, 0.3) is 0 Å². The van der Waals surface area contributed by atoms with Gasteiger partial charge in [0.25, 0.3) is 11.8 Å². The molecule has 0 spiro atoms. The van der Waals surface area contributed by atoms with Crippen LogP contribution in [-0.2, 0) is 0 Å². The van der Waals surface area contributed by atoms with Crippen molar-refractivity contribution in [2.24, 2.45) is 17.6 Å². The number of aromatic nitrogens is 4. The van der Waals surface area contributed by atoms with Crippen molar-refractivity contribution in [3.8, 4) is 12.1 Å². The van der Waals surface area contributed by atoms with Crippen molar-refractivity contribution in [2.45, 2.75) is 50.5 Å². The molecule has 11 heteroatoms. The van der Waals surface area contributed by atoms with E-state index in [0.29, 0.717) is 25.6 Å². The number of anilines is 1. The van der Waals surface area contributed by atoms with E-state index in [-0.39, 0.29) is 47.2 Å². The number of nitrogens with two attached hydrogens (primary N) is 1. The minimum absolute atomic E-state index is 0.0124. The van der Waals surface area contributed by atoms with Gasteiger partial charge in [-0.05, 0) is 50.7 Å². The Bertz CT molecular complexity index is 1150. The molecule has 3 fully saturated rings. The molecule has 2 aromatic heterocycles. The molecule has 1 aliphatic heterocycles. The molecule has 0 unspecified atom stereocenters. The normalized spacial score (nSPS) is 22.1. The third-order valence-corrected chi connectivity index (χ3v) is 6.98. The van der Waals surface area contributed by atoms with Gasteiger partial charge in [-0.25, -0.2) is 4.98 Å². The van der Waals surface area contributed by atoms with Crippen molar-refractivity contribution in [3.63, 3.8) is 0 Å². The van der Waals surface area contributed by atoms with Crippen molar-refractivity contribution in [1.29, 1.82) is 5.26 Å². The van der Waals surface area contributed by atoms with Crippen LogP contribution in [0.5, 0.6) is 6.01 Å². The van der Waals surface area contributed by atoms with Crippen LogP contribution in [0.3, 0.4) is 0 Å². The number of rotatable bonds is 8. The first kappa shape index (κ1) is 23.0. The minimum Gasteiger partial charge on any atom is -0.463 e. The smallest absolute Gasteiger partial charge is 0.321 e. The first-order valence-corrected chi connectivity index (χ1v) is 12.1. The molecular weight excluding hydrogens is 448 g/mol. The van der Waals surface area contributed by atoms with E-state index in [4.69, 9.17) is 15.7 Å². The first-order chi connectivity index (χ1) is 17.0. The molecule has 3 heterocycles. The lowest BCUT2D eigenvalue weighted by Crippen LogP contribution is -2.41. The van der Waals surface area contributed by atoms with Crippen molar-refractivity contribution < 1.29 is 14.3 Å². The van der Waals surface area contributed by atoms with Crippen LogP contribution in [0.15, 0.2) is 18.2 Å². The van der Waals surface area contributed by atoms with E-state index in [1.54, 1.807) is 12.1 Å². The van der Waals surface area contributed by atoms with Gasteiger partial charge >= 0.3 is 6.01 Å². The predicted octanol–water partition coefficient (Wildman–Crippen LogP) is 1.57. The Morgan fingerprint density at radius 2 is 1.94 bits per heavy atom. The van der Waals surface area contributed by atoms with Crippen molar-refractivity contribution in [2.75, 3.05) is 24.6 Å². The molecule has 11 nitrogen and oxygen atoms in total. The number of ether oxygens (including phenoxy) is 1. The quantitative estimate of drug-likeness (QED) is 0.576. The third-order valence-electron chi connectivity index (χ3n) is 6.98. The molecule has 3 aliphatic rings. The van der Waals surface area contributed by atoms with E-state index >= 15 is 0 Å². The molecule has 0 aromatic carbocycles. The molecule has 2 amide bonds. The number of primary amides is 1. The third kappa shape index (κ3) is 5.31. The summed E-state index contributed by atoms with van der Waals surface area (Å²) in [4.78, 5) is 43.9. The SMILES string of the molecule is N#C[C@@H]1C[C@@H]1COc1nc(C(=O)NC2CCC2)nc(N2CCC(c3cccc(C(N)=O)n3)CC2)n1. The number of pyridine rings is 1. The standard InChI is InChI=1S/C24H28N8O3/c25-12-15-11-16(15)13-35-24-30-21(22(34)27-17-3-1-4-17)29-23(31-24)32-9-7-14(8-10-32)18-5-2-6-19(28-18)20(26)33/h2,5-6,14-17H,1,3-4,7-11,13H2,(H2,26,33)(H,27,34)/t15-,16+/m0/s1. The van der Waals surface area contributed by atoms with Crippen LogP contribution in [0.2, 0.25) is 0 Å². The molecule has 2 aromatic rings. The largest absolute Gasteiger partial charge is 0.463 e. The Kier molecular flexibility index (Phi) is 6.44. The summed E-state index contributed by atoms with van der Waals surface area (Å²) in [6, 6.07) is 7.84. The fourth-order valence-electron chi connectivity index (χ4n) is 4.42. The average Bonchev–Trinajstić information content (AvgIpc) is 3.63. The number of carbonyl (C=O) groups is 2. The maximum atomic E-state index is 12.8. The average molecular weight is 477 g/mol. The van der Waals surface area contributed by atoms with Gasteiger partial charge < -0.3 is 20.7 Å². The molecule has 2 saturated carbocycles. The van der Waals surface area contributed by atoms with Crippen LogP contribution < -0.4 is 20.7 Å². The summed E-state index contributed by atoms with van der Waals surface area (Å²) in [5.74, 6) is -0.0532. The lowest BCUT2D eigenvalue weighted by molar-refractivity contribution is 0.0903. The highest BCUT2D eigenvalue weighted by Crippen LogP contribution is 2.37. The van der Waals surface area contributed by atoms with E-state index in [1.165, 1.54) is 0 Å². The van der Waals surface area contributed by atoms with E-state index in [0.717, 1.165) is 44.2 Å². The summed E-state index contributed by atoms with van der Waals surface area (Å²) in [5.41, 5.74) is 6.49. The van der Waals surface area contributed by atoms with Gasteiger partial charge in [0.1, 0.15) is 5.69 Å². The molecule has 2 aliphatic carbocycles. The second-order valence-electron chi connectivity index (χ2n) is 9.46. The first-order valence-electron chi connectivity index (χ1n) is 12.1. The Labute approximate surface area is 203 Å². The van der Waals surface area contributed by atoms with E-state index in [9.17, 15) is 9.59 Å². The monoisotopic (exact) mass is 476 g/mol. The maximum absolute atomic E-state index is 12.8. The molecule has 3 N–H and O–H groups in total. The zero-order valence-electron chi connectivity index (χ0n) is 19.4. The van der Waals surface area contributed by atoms with E-state index in [1.807, 2.05) is 11.0 Å². The van der Waals surface area contributed by atoms with Gasteiger partial charge in [0.05, 0.1) is 18.6 Å². The zero-order chi connectivity index (χ0) is 24.4. The summed E-state index contributed by atoms with van der Waals surface area (Å²) < 4.78 is 5.78. The number of hydrogen-bond acceptors (Lipinski definition) is 9. The summed E-state index contributed by atoms with van der Waals surface area (Å²) in [6.45, 7) is 1.65. The highest BCUT2D eigenvalue weighted by atomic mass is 16.5. The van der Waals surface area contributed by atoms with Crippen molar-refractivity contribution >= 4 is 17.8 Å². The Morgan fingerprint density at radius 1 is 1.14 bits per heavy atom. The van der Waals surface area contributed by atoms with Gasteiger partial charge in [-0.1, -0.05) is 6.07 Å². The Hall–Kier alpha value is -3.81. The van der Waals surface area contributed by atoms with E-state index < -0.39 is 5.91 Å². The molecule has 0 radical (unpaired) electrons. The number of piperidine rings is 1. The summed E-state index contributed by atoms with van der Waals surface area (Å²) >= 11 is 0. The lowest BCUT2D eigenvalue weighted by Gasteiger charge is -2.32. The van der Waals surface area contributed by atoms with Crippen LogP contribution in [0.1, 0.15) is 71.2 Å². The number of carbonyl (C=O) groups excluding carboxylic acids is 2. The molecule has 0 bridgehead atoms. The van der Waals surface area contributed by atoms with Gasteiger partial charge in [-0.3, -0.25) is 9.59 Å². The Balaban J connectivity index is 1.29. The molecule has 2 atom stereocenters. The predicted molar refractivity (Wildman–Crippen MR) is 125 cm³/mol. The topological polar surface area (TPSA) is 160 Å². The van der Waals surface area contributed by atoms with Crippen LogP contribution in [-0.4, -0.2) is 57.5 Å². The molecular formula is C24H28N8O3. The van der Waals surface area contributed by atoms with Gasteiger partial charge in [0.15, 0.2) is 0 Å². The molecule has 35 heavy (non-hydrogen) atoms. The second-order valence-corrected chi connectivity index (χ2v) is 9.46. The lowest BCUT2D eigenvalue weighted by atomic mass is 9.93. The van der Waals surface area contributed by atoms with Crippen LogP contribution >= 0.6 is 0 Å². The highest BCUT2D eigenvalue weighted by molar-refractivity contribution is 5.91. The van der Waals surface area contributed by atoms with Gasteiger partial charge in [0, 0.05) is 36.7 Å². The van der Waals surface area contributed by atoms with Crippen LogP contribution in [0, 0.1) is 23.2 Å². The zero-order valence-corrected chi connectivity index (χ0v) is 19.4. The highest BCUT2D eigenvalue weighted by Gasteiger charge is 2.38. The fraction of sp³-hybridized carbons (Fsp3) is 0.542. The van der Waals surface area contributed by atoms with E-state index in [2.05, 4.69) is 31.3 Å². The number of nitrogens with one attached hydrogen (secondary N) is 1. The fourth-order valence-corrected chi connectivity index (χ4v) is 4.42. The molecule has 182 valence electrons. The summed E-state index contributed by atoms with van der Waals surface area (Å²) in [5, 5.41) is 12.0. The van der Waals surface area contributed by atoms with Crippen LogP contribution in [0.4, 0.5) is 5.95 Å². The number of amides is 2.